The lowest BCUT2D eigenvalue weighted by molar-refractivity contribution is -0.0592. The molecule has 3 nitrogen and oxygen atoms in total. The van der Waals surface area contributed by atoms with Gasteiger partial charge >= 0.3 is 0 Å². The Morgan fingerprint density at radius 2 is 1.56 bits per heavy atom. The van der Waals surface area contributed by atoms with E-state index in [9.17, 15) is 8.42 Å². The van der Waals surface area contributed by atoms with E-state index >= 15 is 0 Å². The maximum Gasteiger partial charge on any atom is 0.264 e. The van der Waals surface area contributed by atoms with Gasteiger partial charge in [0.2, 0.25) is 0 Å². The Balaban J connectivity index is 1.53. The van der Waals surface area contributed by atoms with E-state index in [1.165, 1.54) is 44.9 Å². The first-order chi connectivity index (χ1) is 8.44. The van der Waals surface area contributed by atoms with Crippen LogP contribution in [0.3, 0.4) is 0 Å². The molecule has 104 valence electrons. The van der Waals surface area contributed by atoms with Gasteiger partial charge in [0.15, 0.2) is 0 Å². The minimum absolute atomic E-state index is 0.376. The summed E-state index contributed by atoms with van der Waals surface area (Å²) < 4.78 is 26.7. The minimum Gasteiger partial charge on any atom is -0.270 e. The molecule has 4 fully saturated rings. The molecule has 0 spiro atoms. The van der Waals surface area contributed by atoms with Crippen LogP contribution in [0, 0.1) is 23.2 Å². The highest BCUT2D eigenvalue weighted by Gasteiger charge is 2.50. The smallest absolute Gasteiger partial charge is 0.264 e. The molecule has 4 heteroatoms. The monoisotopic (exact) mass is 272 g/mol. The molecule has 0 atom stereocenters. The first-order valence-corrected chi connectivity index (χ1v) is 9.10. The molecule has 0 aromatic rings. The van der Waals surface area contributed by atoms with Crippen molar-refractivity contribution < 1.29 is 12.6 Å². The van der Waals surface area contributed by atoms with Crippen molar-refractivity contribution in [2.75, 3.05) is 12.9 Å². The molecule has 0 saturated heterocycles. The Hall–Kier alpha value is -0.0900. The maximum absolute atomic E-state index is 10.9. The second-order valence-corrected chi connectivity index (χ2v) is 8.69. The zero-order valence-corrected chi connectivity index (χ0v) is 12.0. The largest absolute Gasteiger partial charge is 0.270 e. The molecule has 0 amide bonds. The Kier molecular flexibility index (Phi) is 3.22. The average molecular weight is 272 g/mol. The summed E-state index contributed by atoms with van der Waals surface area (Å²) in [6, 6.07) is 0. The van der Waals surface area contributed by atoms with E-state index in [2.05, 4.69) is 0 Å². The van der Waals surface area contributed by atoms with Gasteiger partial charge in [-0.1, -0.05) is 0 Å². The molecule has 18 heavy (non-hydrogen) atoms. The number of hydrogen-bond donors (Lipinski definition) is 0. The molecule has 4 saturated carbocycles. The van der Waals surface area contributed by atoms with Crippen LogP contribution in [0.1, 0.15) is 51.4 Å². The van der Waals surface area contributed by atoms with Crippen LogP contribution in [-0.2, 0) is 14.3 Å². The van der Waals surface area contributed by atoms with Crippen LogP contribution in [0.4, 0.5) is 0 Å². The van der Waals surface area contributed by atoms with Crippen molar-refractivity contribution in [1.29, 1.82) is 0 Å². The van der Waals surface area contributed by atoms with Gasteiger partial charge in [-0.3, -0.25) is 4.18 Å². The summed E-state index contributed by atoms with van der Waals surface area (Å²) in [6.45, 7) is 0.376. The minimum atomic E-state index is -3.25. The lowest BCUT2D eigenvalue weighted by Crippen LogP contribution is -2.46. The zero-order valence-electron chi connectivity index (χ0n) is 11.2. The Morgan fingerprint density at radius 3 is 2.00 bits per heavy atom. The van der Waals surface area contributed by atoms with Crippen LogP contribution in [-0.4, -0.2) is 21.3 Å². The predicted molar refractivity (Wildman–Crippen MR) is 70.6 cm³/mol. The zero-order chi connectivity index (χ0) is 12.8. The van der Waals surface area contributed by atoms with Gasteiger partial charge in [-0.2, -0.15) is 8.42 Å². The van der Waals surface area contributed by atoms with Crippen molar-refractivity contribution in [3.63, 3.8) is 0 Å². The van der Waals surface area contributed by atoms with E-state index in [0.717, 1.165) is 30.4 Å². The highest BCUT2D eigenvalue weighted by atomic mass is 32.2. The molecule has 0 radical (unpaired) electrons. The van der Waals surface area contributed by atoms with Crippen molar-refractivity contribution in [2.24, 2.45) is 23.2 Å². The average Bonchev–Trinajstić information content (AvgIpc) is 2.21. The van der Waals surface area contributed by atoms with Gasteiger partial charge in [-0.25, -0.2) is 0 Å². The van der Waals surface area contributed by atoms with Crippen LogP contribution in [0.2, 0.25) is 0 Å². The lowest BCUT2D eigenvalue weighted by atomic mass is 9.48. The van der Waals surface area contributed by atoms with Gasteiger partial charge < -0.3 is 0 Å². The van der Waals surface area contributed by atoms with Crippen molar-refractivity contribution >= 4 is 10.1 Å². The van der Waals surface area contributed by atoms with Gasteiger partial charge in [0.1, 0.15) is 0 Å². The highest BCUT2D eigenvalue weighted by Crippen LogP contribution is 2.61. The van der Waals surface area contributed by atoms with Crippen LogP contribution < -0.4 is 0 Å². The van der Waals surface area contributed by atoms with Gasteiger partial charge in [-0.05, 0) is 74.5 Å². The SMILES string of the molecule is CS(=O)(=O)OCCCC12CC3CC(CC(C3)C1)C2. The summed E-state index contributed by atoms with van der Waals surface area (Å²) in [5.41, 5.74) is 0.551. The van der Waals surface area contributed by atoms with E-state index in [0.29, 0.717) is 12.0 Å². The third kappa shape index (κ3) is 2.74. The van der Waals surface area contributed by atoms with Gasteiger partial charge in [0.05, 0.1) is 12.9 Å². The van der Waals surface area contributed by atoms with E-state index in [4.69, 9.17) is 4.18 Å². The molecule has 4 aliphatic carbocycles. The standard InChI is InChI=1S/C14H24O3S/c1-18(15,16)17-4-2-3-14-8-11-5-12(9-14)7-13(6-11)10-14/h11-13H,2-10H2,1H3. The summed E-state index contributed by atoms with van der Waals surface area (Å²) in [6.07, 6.45) is 11.8. The molecule has 0 aromatic carbocycles. The number of hydrogen-bond acceptors (Lipinski definition) is 3. The fourth-order valence-corrected chi connectivity index (χ4v) is 5.67. The van der Waals surface area contributed by atoms with E-state index < -0.39 is 10.1 Å². The quantitative estimate of drug-likeness (QED) is 0.571. The van der Waals surface area contributed by atoms with Gasteiger partial charge in [0.25, 0.3) is 10.1 Å². The van der Waals surface area contributed by atoms with Crippen LogP contribution >= 0.6 is 0 Å². The summed E-state index contributed by atoms with van der Waals surface area (Å²) in [7, 11) is -3.25. The third-order valence-electron chi connectivity index (χ3n) is 5.31. The van der Waals surface area contributed by atoms with Crippen molar-refractivity contribution in [3.8, 4) is 0 Å². The molecule has 0 N–H and O–H groups in total. The Bertz CT molecular complexity index is 377. The summed E-state index contributed by atoms with van der Waals surface area (Å²) in [5, 5.41) is 0. The summed E-state index contributed by atoms with van der Waals surface area (Å²) in [4.78, 5) is 0. The predicted octanol–water partition coefficient (Wildman–Crippen LogP) is 2.96. The van der Waals surface area contributed by atoms with Crippen LogP contribution in [0.25, 0.3) is 0 Å². The van der Waals surface area contributed by atoms with E-state index in [1.54, 1.807) is 0 Å². The molecule has 0 aromatic heterocycles. The lowest BCUT2D eigenvalue weighted by Gasteiger charge is -2.57. The first-order valence-electron chi connectivity index (χ1n) is 7.29. The van der Waals surface area contributed by atoms with E-state index in [1.807, 2.05) is 0 Å². The Labute approximate surface area is 110 Å². The maximum atomic E-state index is 10.9. The normalized spacial score (nSPS) is 42.4. The fourth-order valence-electron chi connectivity index (χ4n) is 5.25. The topological polar surface area (TPSA) is 43.4 Å². The van der Waals surface area contributed by atoms with Crippen LogP contribution in [0.15, 0.2) is 0 Å². The molecule has 0 heterocycles. The molecule has 4 aliphatic rings. The summed E-state index contributed by atoms with van der Waals surface area (Å²) in [5.74, 6) is 2.94. The molecular formula is C14H24O3S. The van der Waals surface area contributed by atoms with Crippen molar-refractivity contribution in [3.05, 3.63) is 0 Å². The molecule has 4 rings (SSSR count). The molecule has 0 unspecified atom stereocenters. The molecule has 4 bridgehead atoms. The number of rotatable bonds is 5. The second kappa shape index (κ2) is 4.48. The van der Waals surface area contributed by atoms with Gasteiger partial charge in [-0.15, -0.1) is 0 Å². The first kappa shape index (κ1) is 12.9. The highest BCUT2D eigenvalue weighted by molar-refractivity contribution is 7.85. The van der Waals surface area contributed by atoms with Crippen molar-refractivity contribution in [2.45, 2.75) is 51.4 Å². The van der Waals surface area contributed by atoms with Crippen molar-refractivity contribution in [1.82, 2.24) is 0 Å². The Morgan fingerprint density at radius 1 is 1.06 bits per heavy atom. The second-order valence-electron chi connectivity index (χ2n) is 7.05. The van der Waals surface area contributed by atoms with E-state index in [-0.39, 0.29) is 0 Å². The molecular weight excluding hydrogens is 248 g/mol. The third-order valence-corrected chi connectivity index (χ3v) is 5.91. The fraction of sp³-hybridized carbons (Fsp3) is 1.00. The summed E-state index contributed by atoms with van der Waals surface area (Å²) >= 11 is 0. The van der Waals surface area contributed by atoms with Gasteiger partial charge in [0, 0.05) is 0 Å². The van der Waals surface area contributed by atoms with Crippen LogP contribution in [0.5, 0.6) is 0 Å². The molecule has 0 aliphatic heterocycles.